The second-order valence-electron chi connectivity index (χ2n) is 7.71. The molecule has 0 spiro atoms. The number of likely N-dealkylation sites (N-methyl/N-ethyl adjacent to an activating group) is 1. The van der Waals surface area contributed by atoms with Gasteiger partial charge in [-0.3, -0.25) is 4.79 Å². The number of benzene rings is 3. The third-order valence-electron chi connectivity index (χ3n) is 5.61. The van der Waals surface area contributed by atoms with Gasteiger partial charge in [-0.2, -0.15) is 5.10 Å². The normalized spacial score (nSPS) is 12.7. The van der Waals surface area contributed by atoms with Crippen LogP contribution in [0.2, 0.25) is 0 Å². The fraction of sp³-hybridized carbons (Fsp3) is 0.192. The van der Waals surface area contributed by atoms with Crippen molar-refractivity contribution in [3.8, 4) is 22.6 Å². The highest BCUT2D eigenvalue weighted by molar-refractivity contribution is 5.81. The van der Waals surface area contributed by atoms with Gasteiger partial charge in [-0.25, -0.2) is 9.67 Å². The van der Waals surface area contributed by atoms with Crippen LogP contribution < -0.4 is 4.74 Å². The maximum absolute atomic E-state index is 13.0. The zero-order chi connectivity index (χ0) is 22.5. The molecule has 4 rings (SSSR count). The molecule has 1 aromatic heterocycles. The Labute approximate surface area is 188 Å². The molecule has 4 aromatic rings. The van der Waals surface area contributed by atoms with Crippen LogP contribution in [0.25, 0.3) is 16.8 Å². The number of carbonyl (C=O) groups excluding carboxylic acids is 1. The molecule has 2 atom stereocenters. The van der Waals surface area contributed by atoms with E-state index in [9.17, 15) is 4.79 Å². The molecule has 0 aliphatic rings. The van der Waals surface area contributed by atoms with E-state index < -0.39 is 6.10 Å². The van der Waals surface area contributed by atoms with Crippen LogP contribution in [0.4, 0.5) is 0 Å². The summed E-state index contributed by atoms with van der Waals surface area (Å²) in [6, 6.07) is 25.8. The largest absolute Gasteiger partial charge is 0.481 e. The van der Waals surface area contributed by atoms with Gasteiger partial charge in [0, 0.05) is 7.05 Å². The van der Waals surface area contributed by atoms with Crippen molar-refractivity contribution in [1.82, 2.24) is 19.7 Å². The Bertz CT molecular complexity index is 1140. The predicted octanol–water partition coefficient (Wildman–Crippen LogP) is 4.92. The van der Waals surface area contributed by atoms with Crippen molar-refractivity contribution >= 4 is 5.91 Å². The molecule has 0 fully saturated rings. The first-order chi connectivity index (χ1) is 15.5. The third kappa shape index (κ3) is 4.70. The Morgan fingerprint density at radius 1 is 0.906 bits per heavy atom. The van der Waals surface area contributed by atoms with E-state index in [2.05, 4.69) is 22.2 Å². The maximum Gasteiger partial charge on any atom is 0.263 e. The second-order valence-corrected chi connectivity index (χ2v) is 7.71. The lowest BCUT2D eigenvalue weighted by Crippen LogP contribution is -2.39. The summed E-state index contributed by atoms with van der Waals surface area (Å²) in [6.07, 6.45) is 2.55. The van der Waals surface area contributed by atoms with Crippen LogP contribution >= 0.6 is 0 Å². The molecule has 0 bridgehead atoms. The molecule has 3 aromatic carbocycles. The molecule has 0 radical (unpaired) electrons. The van der Waals surface area contributed by atoms with Crippen LogP contribution in [0, 0.1) is 0 Å². The topological polar surface area (TPSA) is 60.2 Å². The Hall–Kier alpha value is -3.93. The number of aromatic nitrogens is 3. The summed E-state index contributed by atoms with van der Waals surface area (Å²) in [4.78, 5) is 18.7. The lowest BCUT2D eigenvalue weighted by atomic mass is 10.1. The molecule has 0 aliphatic carbocycles. The van der Waals surface area contributed by atoms with Gasteiger partial charge in [0.2, 0.25) is 0 Å². The van der Waals surface area contributed by atoms with Crippen LogP contribution in [0.3, 0.4) is 0 Å². The van der Waals surface area contributed by atoms with Gasteiger partial charge >= 0.3 is 0 Å². The minimum absolute atomic E-state index is 0.0787. The van der Waals surface area contributed by atoms with Crippen molar-refractivity contribution in [3.05, 3.63) is 97.1 Å². The monoisotopic (exact) mass is 426 g/mol. The zero-order valence-corrected chi connectivity index (χ0v) is 18.4. The summed E-state index contributed by atoms with van der Waals surface area (Å²) in [5.41, 5.74) is 4.20. The summed E-state index contributed by atoms with van der Waals surface area (Å²) in [6.45, 7) is 3.79. The number of hydrogen-bond donors (Lipinski definition) is 0. The first-order valence-electron chi connectivity index (χ1n) is 10.6. The number of rotatable bonds is 7. The summed E-state index contributed by atoms with van der Waals surface area (Å²) < 4.78 is 7.63. The molecule has 0 N–H and O–H groups in total. The van der Waals surface area contributed by atoms with E-state index in [1.807, 2.05) is 73.7 Å². The molecule has 6 nitrogen and oxygen atoms in total. The van der Waals surface area contributed by atoms with Gasteiger partial charge in [-0.05, 0) is 54.8 Å². The van der Waals surface area contributed by atoms with Crippen LogP contribution in [0.5, 0.6) is 5.75 Å². The van der Waals surface area contributed by atoms with Crippen LogP contribution in [0.15, 0.2) is 91.5 Å². The Kier molecular flexibility index (Phi) is 6.31. The Balaban J connectivity index is 1.38. The molecule has 0 aliphatic heterocycles. The van der Waals surface area contributed by atoms with E-state index in [1.165, 1.54) is 6.33 Å². The summed E-state index contributed by atoms with van der Waals surface area (Å²) >= 11 is 0. The van der Waals surface area contributed by atoms with Gasteiger partial charge in [0.15, 0.2) is 6.10 Å². The highest BCUT2D eigenvalue weighted by atomic mass is 16.5. The summed E-state index contributed by atoms with van der Waals surface area (Å²) in [5, 5.41) is 4.13. The molecule has 162 valence electrons. The lowest BCUT2D eigenvalue weighted by Gasteiger charge is -2.28. The number of hydrogen-bond acceptors (Lipinski definition) is 4. The zero-order valence-electron chi connectivity index (χ0n) is 18.4. The standard InChI is InChI=1S/C26H26N4O2/c1-19(21-9-13-24(14-10-21)30-18-27-17-28-30)29(3)26(31)20(2)32-25-15-11-23(12-16-25)22-7-5-4-6-8-22/h4-20H,1-3H3. The van der Waals surface area contributed by atoms with Gasteiger partial charge in [-0.15, -0.1) is 0 Å². The van der Waals surface area contributed by atoms with Gasteiger partial charge in [0.25, 0.3) is 5.91 Å². The van der Waals surface area contributed by atoms with Gasteiger partial charge in [0.05, 0.1) is 11.7 Å². The van der Waals surface area contributed by atoms with E-state index in [0.717, 1.165) is 22.4 Å². The summed E-state index contributed by atoms with van der Waals surface area (Å²) in [7, 11) is 1.80. The average molecular weight is 427 g/mol. The van der Waals surface area contributed by atoms with E-state index >= 15 is 0 Å². The number of amides is 1. The van der Waals surface area contributed by atoms with E-state index in [-0.39, 0.29) is 11.9 Å². The quantitative estimate of drug-likeness (QED) is 0.421. The highest BCUT2D eigenvalue weighted by Crippen LogP contribution is 2.24. The van der Waals surface area contributed by atoms with Crippen molar-refractivity contribution in [1.29, 1.82) is 0 Å². The predicted molar refractivity (Wildman–Crippen MR) is 125 cm³/mol. The smallest absolute Gasteiger partial charge is 0.263 e. The van der Waals surface area contributed by atoms with Crippen LogP contribution in [-0.4, -0.2) is 38.7 Å². The lowest BCUT2D eigenvalue weighted by molar-refractivity contribution is -0.138. The van der Waals surface area contributed by atoms with E-state index in [1.54, 1.807) is 29.9 Å². The third-order valence-corrected chi connectivity index (χ3v) is 5.61. The van der Waals surface area contributed by atoms with Crippen molar-refractivity contribution in [3.63, 3.8) is 0 Å². The Morgan fingerprint density at radius 3 is 2.19 bits per heavy atom. The van der Waals surface area contributed by atoms with Crippen molar-refractivity contribution in [2.75, 3.05) is 7.05 Å². The molecule has 0 saturated carbocycles. The van der Waals surface area contributed by atoms with Gasteiger partial charge < -0.3 is 9.64 Å². The molecule has 1 amide bonds. The molecular weight excluding hydrogens is 400 g/mol. The maximum atomic E-state index is 13.0. The Morgan fingerprint density at radius 2 is 1.56 bits per heavy atom. The fourth-order valence-corrected chi connectivity index (χ4v) is 3.56. The number of nitrogens with zero attached hydrogens (tertiary/aromatic N) is 4. The SMILES string of the molecule is CC(Oc1ccc(-c2ccccc2)cc1)C(=O)N(C)C(C)c1ccc(-n2cncn2)cc1. The van der Waals surface area contributed by atoms with Crippen molar-refractivity contribution < 1.29 is 9.53 Å². The van der Waals surface area contributed by atoms with Crippen LogP contribution in [0.1, 0.15) is 25.5 Å². The molecule has 32 heavy (non-hydrogen) atoms. The molecule has 6 heteroatoms. The molecule has 0 saturated heterocycles. The first-order valence-corrected chi connectivity index (χ1v) is 10.6. The van der Waals surface area contributed by atoms with Crippen LogP contribution in [-0.2, 0) is 4.79 Å². The first kappa shape index (κ1) is 21.3. The van der Waals surface area contributed by atoms with E-state index in [4.69, 9.17) is 4.74 Å². The van der Waals surface area contributed by atoms with Crippen molar-refractivity contribution in [2.45, 2.75) is 26.0 Å². The molecular formula is C26H26N4O2. The second kappa shape index (κ2) is 9.47. The highest BCUT2D eigenvalue weighted by Gasteiger charge is 2.24. The van der Waals surface area contributed by atoms with E-state index in [0.29, 0.717) is 5.75 Å². The number of carbonyl (C=O) groups is 1. The van der Waals surface area contributed by atoms with Gasteiger partial charge in [0.1, 0.15) is 18.4 Å². The minimum atomic E-state index is -0.598. The molecule has 2 unspecified atom stereocenters. The van der Waals surface area contributed by atoms with Gasteiger partial charge in [-0.1, -0.05) is 54.6 Å². The average Bonchev–Trinajstić information content (AvgIpc) is 3.39. The summed E-state index contributed by atoms with van der Waals surface area (Å²) in [5.74, 6) is 0.591. The molecule has 1 heterocycles. The fourth-order valence-electron chi connectivity index (χ4n) is 3.56. The minimum Gasteiger partial charge on any atom is -0.481 e. The van der Waals surface area contributed by atoms with Crippen molar-refractivity contribution in [2.24, 2.45) is 0 Å². The number of ether oxygens (including phenoxy) is 1.